The number of aromatic nitrogens is 2. The molecule has 1 heterocycles. The van der Waals surface area contributed by atoms with E-state index in [-0.39, 0.29) is 13.0 Å². The van der Waals surface area contributed by atoms with Gasteiger partial charge in [0, 0.05) is 26.3 Å². The van der Waals surface area contributed by atoms with Crippen LogP contribution in [0.25, 0.3) is 0 Å². The van der Waals surface area contributed by atoms with E-state index in [0.717, 1.165) is 44.1 Å². The number of carbonyl (C=O) groups excluding carboxylic acids is 1. The molecule has 31 heavy (non-hydrogen) atoms. The summed E-state index contributed by atoms with van der Waals surface area (Å²) in [6.45, 7) is 0.737. The van der Waals surface area contributed by atoms with Crippen LogP contribution in [0.5, 0.6) is 0 Å². The van der Waals surface area contributed by atoms with Crippen molar-refractivity contribution in [3.63, 3.8) is 0 Å². The van der Waals surface area contributed by atoms with Crippen molar-refractivity contribution in [1.82, 2.24) is 19.4 Å². The van der Waals surface area contributed by atoms with E-state index in [0.29, 0.717) is 12.2 Å². The van der Waals surface area contributed by atoms with Crippen molar-refractivity contribution in [2.45, 2.75) is 44.9 Å². The molecule has 2 aromatic rings. The SMILES string of the molecule is CN(C)CCN(c1cnn(C)c1)S(=O)(=O)NC(=O)Cc1c2c(cc3c1CCC3)CCC2. The number of amides is 1. The van der Waals surface area contributed by atoms with Crippen LogP contribution in [0.2, 0.25) is 0 Å². The summed E-state index contributed by atoms with van der Waals surface area (Å²) in [6, 6.07) is 2.31. The molecule has 0 bridgehead atoms. The zero-order valence-corrected chi connectivity index (χ0v) is 19.3. The number of fused-ring (bicyclic) bond motifs is 2. The van der Waals surface area contributed by atoms with Crippen LogP contribution < -0.4 is 9.03 Å². The van der Waals surface area contributed by atoms with E-state index in [1.807, 2.05) is 19.0 Å². The van der Waals surface area contributed by atoms with Crippen LogP contribution in [0.1, 0.15) is 40.7 Å². The van der Waals surface area contributed by atoms with E-state index >= 15 is 0 Å². The van der Waals surface area contributed by atoms with E-state index in [1.165, 1.54) is 32.8 Å². The Hall–Kier alpha value is -2.39. The molecule has 2 aliphatic carbocycles. The fraction of sp³-hybridized carbons (Fsp3) is 0.545. The highest BCUT2D eigenvalue weighted by Crippen LogP contribution is 2.35. The molecule has 0 radical (unpaired) electrons. The molecule has 2 aliphatic rings. The minimum atomic E-state index is -4.05. The molecule has 1 aromatic heterocycles. The Kier molecular flexibility index (Phi) is 6.07. The van der Waals surface area contributed by atoms with Crippen LogP contribution in [-0.2, 0) is 54.2 Å². The third-order valence-corrected chi connectivity index (χ3v) is 7.66. The molecule has 0 saturated carbocycles. The van der Waals surface area contributed by atoms with Crippen LogP contribution in [0, 0.1) is 0 Å². The largest absolute Gasteiger partial charge is 0.326 e. The van der Waals surface area contributed by atoms with E-state index in [4.69, 9.17) is 0 Å². The van der Waals surface area contributed by atoms with Gasteiger partial charge in [-0.3, -0.25) is 9.48 Å². The third-order valence-electron chi connectivity index (χ3n) is 6.20. The summed E-state index contributed by atoms with van der Waals surface area (Å²) in [5.41, 5.74) is 6.72. The molecule has 0 saturated heterocycles. The minimum Gasteiger partial charge on any atom is -0.308 e. The van der Waals surface area contributed by atoms with Gasteiger partial charge in [-0.05, 0) is 80.4 Å². The molecule has 1 N–H and O–H groups in total. The summed E-state index contributed by atoms with van der Waals surface area (Å²) < 4.78 is 31.4. The Balaban J connectivity index is 1.56. The van der Waals surface area contributed by atoms with Crippen molar-refractivity contribution in [3.8, 4) is 0 Å². The minimum absolute atomic E-state index is 0.110. The van der Waals surface area contributed by atoms with Crippen LogP contribution >= 0.6 is 0 Å². The van der Waals surface area contributed by atoms with E-state index < -0.39 is 16.1 Å². The molecule has 0 atom stereocenters. The number of rotatable bonds is 8. The van der Waals surface area contributed by atoms with Gasteiger partial charge in [0.2, 0.25) is 5.91 Å². The fourth-order valence-corrected chi connectivity index (χ4v) is 5.92. The summed E-state index contributed by atoms with van der Waals surface area (Å²) in [4.78, 5) is 14.9. The second-order valence-electron chi connectivity index (χ2n) is 8.79. The number of nitrogens with zero attached hydrogens (tertiary/aromatic N) is 4. The first-order valence-electron chi connectivity index (χ1n) is 10.9. The number of benzene rings is 1. The fourth-order valence-electron chi connectivity index (χ4n) is 4.76. The zero-order valence-electron chi connectivity index (χ0n) is 18.5. The van der Waals surface area contributed by atoms with Crippen LogP contribution in [0.15, 0.2) is 18.5 Å². The average molecular weight is 446 g/mol. The van der Waals surface area contributed by atoms with Crippen LogP contribution in [0.4, 0.5) is 5.69 Å². The predicted molar refractivity (Wildman–Crippen MR) is 120 cm³/mol. The van der Waals surface area contributed by atoms with Crippen molar-refractivity contribution in [3.05, 3.63) is 46.3 Å². The average Bonchev–Trinajstić information content (AvgIpc) is 3.41. The number of likely N-dealkylation sites (N-methyl/N-ethyl adjacent to an activating group) is 1. The normalized spacial score (nSPS) is 15.2. The number of anilines is 1. The number of nitrogens with one attached hydrogen (secondary N) is 1. The summed E-state index contributed by atoms with van der Waals surface area (Å²) in [5, 5.41) is 4.09. The van der Waals surface area contributed by atoms with Gasteiger partial charge in [0.15, 0.2) is 0 Å². The van der Waals surface area contributed by atoms with Gasteiger partial charge in [-0.1, -0.05) is 6.07 Å². The maximum atomic E-state index is 13.2. The van der Waals surface area contributed by atoms with E-state index in [9.17, 15) is 13.2 Å². The lowest BCUT2D eigenvalue weighted by Crippen LogP contribution is -2.46. The van der Waals surface area contributed by atoms with Crippen molar-refractivity contribution >= 4 is 21.8 Å². The van der Waals surface area contributed by atoms with Gasteiger partial charge in [0.05, 0.1) is 18.3 Å². The lowest BCUT2D eigenvalue weighted by atomic mass is 9.92. The molecular formula is C22H31N5O3S. The highest BCUT2D eigenvalue weighted by molar-refractivity contribution is 7.91. The maximum Gasteiger partial charge on any atom is 0.326 e. The molecule has 4 rings (SSSR count). The highest BCUT2D eigenvalue weighted by Gasteiger charge is 2.29. The predicted octanol–water partition coefficient (Wildman–Crippen LogP) is 1.37. The number of aryl methyl sites for hydroxylation is 3. The molecule has 1 aromatic carbocycles. The Morgan fingerprint density at radius 2 is 1.74 bits per heavy atom. The van der Waals surface area contributed by atoms with Gasteiger partial charge in [0.25, 0.3) is 0 Å². The van der Waals surface area contributed by atoms with Gasteiger partial charge >= 0.3 is 10.2 Å². The second-order valence-corrected chi connectivity index (χ2v) is 10.4. The Morgan fingerprint density at radius 1 is 1.10 bits per heavy atom. The smallest absolute Gasteiger partial charge is 0.308 e. The molecule has 0 unspecified atom stereocenters. The molecule has 0 aliphatic heterocycles. The molecule has 9 heteroatoms. The van der Waals surface area contributed by atoms with E-state index in [1.54, 1.807) is 17.9 Å². The lowest BCUT2D eigenvalue weighted by molar-refractivity contribution is -0.118. The van der Waals surface area contributed by atoms with Crippen molar-refractivity contribution < 1.29 is 13.2 Å². The lowest BCUT2D eigenvalue weighted by Gasteiger charge is -2.24. The summed E-state index contributed by atoms with van der Waals surface area (Å²) in [7, 11) is 1.44. The highest BCUT2D eigenvalue weighted by atomic mass is 32.2. The number of hydrogen-bond acceptors (Lipinski definition) is 5. The van der Waals surface area contributed by atoms with Crippen molar-refractivity contribution in [2.75, 3.05) is 31.5 Å². The van der Waals surface area contributed by atoms with Gasteiger partial charge in [-0.15, -0.1) is 0 Å². The quantitative estimate of drug-likeness (QED) is 0.663. The maximum absolute atomic E-state index is 13.2. The monoisotopic (exact) mass is 445 g/mol. The van der Waals surface area contributed by atoms with Crippen molar-refractivity contribution in [2.24, 2.45) is 7.05 Å². The first-order chi connectivity index (χ1) is 14.7. The van der Waals surface area contributed by atoms with Crippen LogP contribution in [0.3, 0.4) is 0 Å². The number of carbonyl (C=O) groups is 1. The molecule has 0 fully saturated rings. The van der Waals surface area contributed by atoms with Gasteiger partial charge in [-0.25, -0.2) is 9.03 Å². The first-order valence-corrected chi connectivity index (χ1v) is 12.3. The first kappa shape index (κ1) is 21.8. The van der Waals surface area contributed by atoms with Crippen LogP contribution in [-0.4, -0.2) is 56.2 Å². The molecular weight excluding hydrogens is 414 g/mol. The summed E-state index contributed by atoms with van der Waals surface area (Å²) in [6.07, 6.45) is 9.50. The summed E-state index contributed by atoms with van der Waals surface area (Å²) in [5.74, 6) is -0.479. The van der Waals surface area contributed by atoms with Crippen molar-refractivity contribution in [1.29, 1.82) is 0 Å². The summed E-state index contributed by atoms with van der Waals surface area (Å²) >= 11 is 0. The number of hydrogen-bond donors (Lipinski definition) is 1. The topological polar surface area (TPSA) is 87.5 Å². The standard InChI is InChI=1S/C22H31N5O3S/c1-25(2)10-11-27(18-14-23-26(3)15-18)31(29,30)24-22(28)13-21-19-8-4-6-16(19)12-17-7-5-9-20(17)21/h12,14-15H,4-11,13H2,1-3H3,(H,24,28). The Labute approximate surface area is 184 Å². The second kappa shape index (κ2) is 8.63. The molecule has 8 nitrogen and oxygen atoms in total. The Bertz CT molecular complexity index is 1060. The van der Waals surface area contributed by atoms with Gasteiger partial charge in [0.1, 0.15) is 0 Å². The third kappa shape index (κ3) is 4.62. The van der Waals surface area contributed by atoms with Gasteiger partial charge < -0.3 is 4.90 Å². The molecule has 0 spiro atoms. The zero-order chi connectivity index (χ0) is 22.2. The molecule has 168 valence electrons. The molecule has 1 amide bonds. The Morgan fingerprint density at radius 3 is 2.29 bits per heavy atom. The van der Waals surface area contributed by atoms with E-state index in [2.05, 4.69) is 15.9 Å². The van der Waals surface area contributed by atoms with Gasteiger partial charge in [-0.2, -0.15) is 13.5 Å².